The van der Waals surface area contributed by atoms with Crippen LogP contribution in [0.15, 0.2) is 46.4 Å². The number of hydrogen-bond acceptors (Lipinski definition) is 7. The van der Waals surface area contributed by atoms with Gasteiger partial charge in [-0.25, -0.2) is 9.50 Å². The average Bonchev–Trinajstić information content (AvgIpc) is 3.53. The van der Waals surface area contributed by atoms with E-state index >= 15 is 0 Å². The maximum absolute atomic E-state index is 12.6. The number of anilines is 1. The summed E-state index contributed by atoms with van der Waals surface area (Å²) >= 11 is 8.24. The molecule has 0 bridgehead atoms. The van der Waals surface area contributed by atoms with E-state index in [1.165, 1.54) is 24.6 Å². The number of piperidine rings is 1. The second-order valence-electron chi connectivity index (χ2n) is 10.0. The number of thioether (sulfide) groups is 1. The lowest BCUT2D eigenvalue weighted by molar-refractivity contribution is -0.113. The summed E-state index contributed by atoms with van der Waals surface area (Å²) in [6, 6.07) is 10.0. The van der Waals surface area contributed by atoms with Gasteiger partial charge < -0.3 is 9.80 Å². The SMILES string of the molecule is CCCN1CCN(c2ccc(-c3cnc4ccc(/C=C5\SC(N6CCCCC6)=NC5=O)nn34)cc2Cl)CC1. The molecule has 3 aliphatic heterocycles. The topological polar surface area (TPSA) is 69.3 Å². The second-order valence-corrected chi connectivity index (χ2v) is 11.4. The van der Waals surface area contributed by atoms with Crippen LogP contribution < -0.4 is 4.90 Å². The fraction of sp³-hybridized carbons (Fsp3) is 0.429. The van der Waals surface area contributed by atoms with Gasteiger partial charge in [-0.05, 0) is 74.3 Å². The van der Waals surface area contributed by atoms with E-state index in [0.29, 0.717) is 10.6 Å². The van der Waals surface area contributed by atoms with Gasteiger partial charge in [0, 0.05) is 44.8 Å². The molecule has 38 heavy (non-hydrogen) atoms. The molecule has 1 aromatic carbocycles. The molecule has 10 heteroatoms. The number of amides is 1. The number of aromatic nitrogens is 3. The van der Waals surface area contributed by atoms with Gasteiger partial charge in [0.1, 0.15) is 0 Å². The summed E-state index contributed by atoms with van der Waals surface area (Å²) in [6.07, 6.45) is 8.37. The normalized spacial score (nSPS) is 20.1. The molecule has 3 aromatic rings. The first-order valence-corrected chi connectivity index (χ1v) is 14.7. The van der Waals surface area contributed by atoms with Crippen LogP contribution >= 0.6 is 23.4 Å². The number of aliphatic imine (C=N–C) groups is 1. The highest BCUT2D eigenvalue weighted by atomic mass is 35.5. The quantitative estimate of drug-likeness (QED) is 0.413. The second kappa shape index (κ2) is 11.1. The Bertz CT molecular complexity index is 1400. The number of benzene rings is 1. The fourth-order valence-corrected chi connectivity index (χ4v) is 6.61. The monoisotopic (exact) mass is 549 g/mol. The van der Waals surface area contributed by atoms with Crippen molar-refractivity contribution in [1.82, 2.24) is 24.4 Å². The number of carbonyl (C=O) groups is 1. The molecule has 0 radical (unpaired) electrons. The minimum absolute atomic E-state index is 0.193. The fourth-order valence-electron chi connectivity index (χ4n) is 5.37. The molecule has 198 valence electrons. The Morgan fingerprint density at radius 3 is 2.58 bits per heavy atom. The molecule has 1 amide bonds. The van der Waals surface area contributed by atoms with Crippen molar-refractivity contribution in [2.75, 3.05) is 50.7 Å². The molecule has 0 aliphatic carbocycles. The van der Waals surface area contributed by atoms with Crippen molar-refractivity contribution < 1.29 is 4.79 Å². The first-order valence-electron chi connectivity index (χ1n) is 13.5. The Labute approximate surface area is 232 Å². The molecule has 2 aromatic heterocycles. The summed E-state index contributed by atoms with van der Waals surface area (Å²) in [6.45, 7) is 9.39. The molecule has 0 unspecified atom stereocenters. The Balaban J connectivity index is 1.22. The van der Waals surface area contributed by atoms with Crippen LogP contribution in [0, 0.1) is 0 Å². The minimum atomic E-state index is -0.193. The summed E-state index contributed by atoms with van der Waals surface area (Å²) in [4.78, 5) is 29.2. The molecule has 6 rings (SSSR count). The van der Waals surface area contributed by atoms with Crippen molar-refractivity contribution in [3.63, 3.8) is 0 Å². The number of piperazine rings is 1. The lowest BCUT2D eigenvalue weighted by Gasteiger charge is -2.36. The molecule has 8 nitrogen and oxygen atoms in total. The molecule has 2 fully saturated rings. The minimum Gasteiger partial charge on any atom is -0.368 e. The van der Waals surface area contributed by atoms with Crippen LogP contribution in [-0.4, -0.2) is 81.3 Å². The summed E-state index contributed by atoms with van der Waals surface area (Å²) in [5.74, 6) is -0.193. The van der Waals surface area contributed by atoms with Gasteiger partial charge in [-0.1, -0.05) is 24.6 Å². The van der Waals surface area contributed by atoms with Crippen molar-refractivity contribution >= 4 is 51.8 Å². The molecule has 5 heterocycles. The Morgan fingerprint density at radius 1 is 1.00 bits per heavy atom. The van der Waals surface area contributed by atoms with Crippen LogP contribution in [-0.2, 0) is 4.79 Å². The van der Waals surface area contributed by atoms with Crippen molar-refractivity contribution in [1.29, 1.82) is 0 Å². The predicted octanol–water partition coefficient (Wildman–Crippen LogP) is 5.04. The molecule has 0 saturated carbocycles. The van der Waals surface area contributed by atoms with Crippen molar-refractivity contribution in [3.8, 4) is 11.3 Å². The van der Waals surface area contributed by atoms with Gasteiger partial charge in [0.05, 0.1) is 33.2 Å². The third kappa shape index (κ3) is 5.19. The van der Waals surface area contributed by atoms with Crippen LogP contribution in [0.25, 0.3) is 23.0 Å². The zero-order valence-corrected chi connectivity index (χ0v) is 23.2. The number of carbonyl (C=O) groups excluding carboxylic acids is 1. The summed E-state index contributed by atoms with van der Waals surface area (Å²) in [7, 11) is 0. The third-order valence-corrected chi connectivity index (χ3v) is 8.74. The number of nitrogens with zero attached hydrogens (tertiary/aromatic N) is 7. The maximum atomic E-state index is 12.6. The highest BCUT2D eigenvalue weighted by Gasteiger charge is 2.27. The van der Waals surface area contributed by atoms with E-state index in [9.17, 15) is 4.79 Å². The zero-order valence-electron chi connectivity index (χ0n) is 21.6. The summed E-state index contributed by atoms with van der Waals surface area (Å²) in [5, 5.41) is 6.35. The first kappa shape index (κ1) is 25.4. The number of hydrogen-bond donors (Lipinski definition) is 0. The number of rotatable bonds is 5. The zero-order chi connectivity index (χ0) is 26.1. The molecular weight excluding hydrogens is 518 g/mol. The van der Waals surface area contributed by atoms with E-state index in [1.54, 1.807) is 0 Å². The molecule has 3 aliphatic rings. The predicted molar refractivity (Wildman–Crippen MR) is 156 cm³/mol. The van der Waals surface area contributed by atoms with Crippen LogP contribution in [0.4, 0.5) is 5.69 Å². The molecule has 2 saturated heterocycles. The van der Waals surface area contributed by atoms with Gasteiger partial charge in [-0.2, -0.15) is 10.1 Å². The van der Waals surface area contributed by atoms with Gasteiger partial charge in [0.2, 0.25) is 0 Å². The summed E-state index contributed by atoms with van der Waals surface area (Å²) in [5.41, 5.74) is 4.31. The van der Waals surface area contributed by atoms with Gasteiger partial charge in [0.25, 0.3) is 5.91 Å². The van der Waals surface area contributed by atoms with Gasteiger partial charge in [-0.15, -0.1) is 0 Å². The highest BCUT2D eigenvalue weighted by molar-refractivity contribution is 8.18. The van der Waals surface area contributed by atoms with E-state index in [2.05, 4.69) is 43.7 Å². The van der Waals surface area contributed by atoms with E-state index in [-0.39, 0.29) is 5.91 Å². The van der Waals surface area contributed by atoms with Gasteiger partial charge in [-0.3, -0.25) is 9.69 Å². The largest absolute Gasteiger partial charge is 0.368 e. The molecule has 0 atom stereocenters. The lowest BCUT2D eigenvalue weighted by Crippen LogP contribution is -2.46. The maximum Gasteiger partial charge on any atom is 0.286 e. The number of likely N-dealkylation sites (tertiary alicyclic amines) is 1. The number of fused-ring (bicyclic) bond motifs is 1. The highest BCUT2D eigenvalue weighted by Crippen LogP contribution is 2.33. The van der Waals surface area contributed by atoms with E-state index in [1.807, 2.05) is 35.0 Å². The first-order chi connectivity index (χ1) is 18.6. The van der Waals surface area contributed by atoms with Crippen LogP contribution in [0.5, 0.6) is 0 Å². The van der Waals surface area contributed by atoms with Crippen LogP contribution in [0.2, 0.25) is 5.02 Å². The molecule has 0 N–H and O–H groups in total. The van der Waals surface area contributed by atoms with E-state index in [4.69, 9.17) is 16.7 Å². The van der Waals surface area contributed by atoms with Gasteiger partial charge in [0.15, 0.2) is 10.8 Å². The Hall–Kier alpha value is -2.88. The third-order valence-electron chi connectivity index (χ3n) is 7.39. The Morgan fingerprint density at radius 2 is 1.82 bits per heavy atom. The standard InChI is InChI=1S/C28H32ClN7OS/c1-2-10-33-13-15-34(16-14-33)23-8-6-20(17-22(23)29)24-19-30-26-9-7-21(32-36(24)26)18-25-27(37)31-28(38-25)35-11-4-3-5-12-35/h6-9,17-19H,2-5,10-16H2,1H3/b25-18-. The number of amidine groups is 1. The molecule has 0 spiro atoms. The van der Waals surface area contributed by atoms with E-state index < -0.39 is 0 Å². The van der Waals surface area contributed by atoms with E-state index in [0.717, 1.165) is 91.4 Å². The van der Waals surface area contributed by atoms with Gasteiger partial charge >= 0.3 is 0 Å². The van der Waals surface area contributed by atoms with Crippen molar-refractivity contribution in [3.05, 3.63) is 52.2 Å². The average molecular weight is 550 g/mol. The van der Waals surface area contributed by atoms with Crippen molar-refractivity contribution in [2.24, 2.45) is 4.99 Å². The number of halogens is 1. The molecular formula is C28H32ClN7OS. The Kier molecular flexibility index (Phi) is 7.41. The van der Waals surface area contributed by atoms with Crippen LogP contribution in [0.3, 0.4) is 0 Å². The van der Waals surface area contributed by atoms with Crippen LogP contribution in [0.1, 0.15) is 38.3 Å². The van der Waals surface area contributed by atoms with Crippen molar-refractivity contribution in [2.45, 2.75) is 32.6 Å². The number of imidazole rings is 1. The smallest absolute Gasteiger partial charge is 0.286 e. The summed E-state index contributed by atoms with van der Waals surface area (Å²) < 4.78 is 1.82. The lowest BCUT2D eigenvalue weighted by atomic mass is 10.1.